The number of nitrogens with one attached hydrogen (secondary N) is 1. The lowest BCUT2D eigenvalue weighted by molar-refractivity contribution is -0.123. The average molecular weight is 237 g/mol. The summed E-state index contributed by atoms with van der Waals surface area (Å²) >= 11 is 0. The molecule has 1 aromatic rings. The van der Waals surface area contributed by atoms with E-state index in [0.717, 1.165) is 0 Å². The van der Waals surface area contributed by atoms with Crippen LogP contribution in [0.1, 0.15) is 6.42 Å². The number of primary amides is 2. The van der Waals surface area contributed by atoms with Crippen molar-refractivity contribution < 1.29 is 14.3 Å². The summed E-state index contributed by atoms with van der Waals surface area (Å²) in [6, 6.07) is 6.16. The number of para-hydroxylation sites is 2. The number of methoxy groups -OCH3 is 1. The third kappa shape index (κ3) is 3.67. The van der Waals surface area contributed by atoms with Crippen molar-refractivity contribution in [3.63, 3.8) is 0 Å². The lowest BCUT2D eigenvalue weighted by Gasteiger charge is -2.17. The molecule has 1 atom stereocenters. The summed E-state index contributed by atoms with van der Waals surface area (Å²) in [6.07, 6.45) is -0.159. The normalized spacial score (nSPS) is 11.6. The second kappa shape index (κ2) is 5.74. The molecule has 0 bridgehead atoms. The van der Waals surface area contributed by atoms with Crippen molar-refractivity contribution in [1.29, 1.82) is 0 Å². The maximum absolute atomic E-state index is 11.2. The van der Waals surface area contributed by atoms with Gasteiger partial charge in [-0.05, 0) is 12.1 Å². The van der Waals surface area contributed by atoms with Crippen LogP contribution in [-0.4, -0.2) is 25.0 Å². The van der Waals surface area contributed by atoms with Gasteiger partial charge in [0.25, 0.3) is 0 Å². The van der Waals surface area contributed by atoms with Gasteiger partial charge < -0.3 is 21.5 Å². The fourth-order valence-electron chi connectivity index (χ4n) is 1.38. The van der Waals surface area contributed by atoms with Crippen LogP contribution in [0.5, 0.6) is 5.75 Å². The van der Waals surface area contributed by atoms with Gasteiger partial charge in [0.1, 0.15) is 11.8 Å². The molecule has 0 fully saturated rings. The number of carbonyl (C=O) groups is 2. The number of hydrogen-bond donors (Lipinski definition) is 3. The van der Waals surface area contributed by atoms with Crippen LogP contribution in [0.25, 0.3) is 0 Å². The Morgan fingerprint density at radius 2 is 2.00 bits per heavy atom. The highest BCUT2D eigenvalue weighted by Crippen LogP contribution is 2.24. The highest BCUT2D eigenvalue weighted by Gasteiger charge is 2.18. The van der Waals surface area contributed by atoms with Crippen molar-refractivity contribution in [2.75, 3.05) is 12.4 Å². The molecule has 0 aromatic heterocycles. The van der Waals surface area contributed by atoms with E-state index >= 15 is 0 Å². The Bertz CT molecular complexity index is 420. The fourth-order valence-corrected chi connectivity index (χ4v) is 1.38. The van der Waals surface area contributed by atoms with Crippen molar-refractivity contribution >= 4 is 17.5 Å². The molecule has 0 radical (unpaired) electrons. The fraction of sp³-hybridized carbons (Fsp3) is 0.273. The van der Waals surface area contributed by atoms with Crippen LogP contribution >= 0.6 is 0 Å². The van der Waals surface area contributed by atoms with Crippen molar-refractivity contribution in [2.45, 2.75) is 12.5 Å². The number of rotatable bonds is 6. The monoisotopic (exact) mass is 237 g/mol. The van der Waals surface area contributed by atoms with Gasteiger partial charge in [-0.15, -0.1) is 0 Å². The zero-order valence-corrected chi connectivity index (χ0v) is 9.47. The Labute approximate surface area is 98.9 Å². The number of carbonyl (C=O) groups excluding carboxylic acids is 2. The van der Waals surface area contributed by atoms with Gasteiger partial charge in [-0.1, -0.05) is 12.1 Å². The van der Waals surface area contributed by atoms with Crippen LogP contribution in [-0.2, 0) is 9.59 Å². The van der Waals surface area contributed by atoms with E-state index in [4.69, 9.17) is 16.2 Å². The molecule has 1 unspecified atom stereocenters. The predicted molar refractivity (Wildman–Crippen MR) is 63.4 cm³/mol. The highest BCUT2D eigenvalue weighted by atomic mass is 16.5. The third-order valence-corrected chi connectivity index (χ3v) is 2.19. The van der Waals surface area contributed by atoms with E-state index in [9.17, 15) is 9.59 Å². The van der Waals surface area contributed by atoms with Gasteiger partial charge in [0.2, 0.25) is 11.8 Å². The van der Waals surface area contributed by atoms with E-state index in [1.807, 2.05) is 0 Å². The van der Waals surface area contributed by atoms with Crippen molar-refractivity contribution in [3.8, 4) is 5.75 Å². The molecule has 0 aliphatic rings. The second-order valence-corrected chi connectivity index (χ2v) is 3.47. The summed E-state index contributed by atoms with van der Waals surface area (Å²) in [5.41, 5.74) is 10.8. The summed E-state index contributed by atoms with van der Waals surface area (Å²) in [4.78, 5) is 22.0. The van der Waals surface area contributed by atoms with Gasteiger partial charge in [-0.3, -0.25) is 9.59 Å². The summed E-state index contributed by atoms with van der Waals surface area (Å²) in [7, 11) is 1.51. The first-order chi connectivity index (χ1) is 8.04. The van der Waals surface area contributed by atoms with Crippen LogP contribution in [0.3, 0.4) is 0 Å². The molecular weight excluding hydrogens is 222 g/mol. The minimum Gasteiger partial charge on any atom is -0.495 e. The quantitative estimate of drug-likeness (QED) is 0.638. The van der Waals surface area contributed by atoms with E-state index in [1.165, 1.54) is 7.11 Å². The van der Waals surface area contributed by atoms with Gasteiger partial charge in [0, 0.05) is 0 Å². The van der Waals surface area contributed by atoms with E-state index < -0.39 is 17.9 Å². The minimum absolute atomic E-state index is 0.159. The summed E-state index contributed by atoms with van der Waals surface area (Å²) in [5.74, 6) is -0.686. The zero-order valence-electron chi connectivity index (χ0n) is 9.47. The topological polar surface area (TPSA) is 107 Å². The lowest BCUT2D eigenvalue weighted by Crippen LogP contribution is -2.38. The van der Waals surface area contributed by atoms with Gasteiger partial charge in [-0.2, -0.15) is 0 Å². The van der Waals surface area contributed by atoms with Crippen LogP contribution in [0.2, 0.25) is 0 Å². The SMILES string of the molecule is COc1ccccc1NC(CC(N)=O)C(N)=O. The molecule has 5 N–H and O–H groups in total. The number of nitrogens with two attached hydrogens (primary N) is 2. The van der Waals surface area contributed by atoms with E-state index in [2.05, 4.69) is 5.32 Å². The zero-order chi connectivity index (χ0) is 12.8. The number of anilines is 1. The molecule has 0 aliphatic heterocycles. The lowest BCUT2D eigenvalue weighted by atomic mass is 10.1. The molecule has 0 spiro atoms. The maximum Gasteiger partial charge on any atom is 0.240 e. The van der Waals surface area contributed by atoms with Gasteiger partial charge in [-0.25, -0.2) is 0 Å². The Hall–Kier alpha value is -2.24. The summed E-state index contributed by atoms with van der Waals surface area (Å²) in [6.45, 7) is 0. The number of benzene rings is 1. The smallest absolute Gasteiger partial charge is 0.240 e. The first kappa shape index (κ1) is 12.8. The highest BCUT2D eigenvalue weighted by molar-refractivity contribution is 5.89. The number of amides is 2. The second-order valence-electron chi connectivity index (χ2n) is 3.47. The van der Waals surface area contributed by atoms with Crippen LogP contribution in [0.15, 0.2) is 24.3 Å². The van der Waals surface area contributed by atoms with Crippen molar-refractivity contribution in [3.05, 3.63) is 24.3 Å². The van der Waals surface area contributed by atoms with E-state index in [1.54, 1.807) is 24.3 Å². The van der Waals surface area contributed by atoms with Crippen LogP contribution in [0, 0.1) is 0 Å². The first-order valence-corrected chi connectivity index (χ1v) is 5.01. The van der Waals surface area contributed by atoms with Crippen molar-refractivity contribution in [1.82, 2.24) is 0 Å². The third-order valence-electron chi connectivity index (χ3n) is 2.19. The van der Waals surface area contributed by atoms with E-state index in [-0.39, 0.29) is 6.42 Å². The average Bonchev–Trinajstić information content (AvgIpc) is 2.28. The summed E-state index contributed by atoms with van der Waals surface area (Å²) in [5, 5.41) is 2.83. The Balaban J connectivity index is 2.85. The molecule has 6 nitrogen and oxygen atoms in total. The van der Waals surface area contributed by atoms with E-state index in [0.29, 0.717) is 11.4 Å². The Morgan fingerprint density at radius 3 is 2.53 bits per heavy atom. The standard InChI is InChI=1S/C11H15N3O3/c1-17-9-5-3-2-4-7(9)14-8(11(13)16)6-10(12)15/h2-5,8,14H,6H2,1H3,(H2,12,15)(H2,13,16). The van der Waals surface area contributed by atoms with Gasteiger partial charge in [0.05, 0.1) is 19.2 Å². The van der Waals surface area contributed by atoms with Crippen molar-refractivity contribution in [2.24, 2.45) is 11.5 Å². The number of ether oxygens (including phenoxy) is 1. The maximum atomic E-state index is 11.2. The molecule has 1 aromatic carbocycles. The van der Waals surface area contributed by atoms with Crippen LogP contribution in [0.4, 0.5) is 5.69 Å². The molecule has 17 heavy (non-hydrogen) atoms. The van der Waals surface area contributed by atoms with Gasteiger partial charge in [0.15, 0.2) is 0 Å². The number of hydrogen-bond acceptors (Lipinski definition) is 4. The molecular formula is C11H15N3O3. The molecule has 92 valence electrons. The Kier molecular flexibility index (Phi) is 4.33. The van der Waals surface area contributed by atoms with Gasteiger partial charge >= 0.3 is 0 Å². The molecule has 0 heterocycles. The largest absolute Gasteiger partial charge is 0.495 e. The molecule has 0 saturated heterocycles. The molecule has 0 saturated carbocycles. The minimum atomic E-state index is -0.844. The summed E-state index contributed by atoms with van der Waals surface area (Å²) < 4.78 is 5.10. The molecule has 0 aliphatic carbocycles. The molecule has 6 heteroatoms. The van der Waals surface area contributed by atoms with Crippen LogP contribution < -0.4 is 21.5 Å². The first-order valence-electron chi connectivity index (χ1n) is 5.01. The Morgan fingerprint density at radius 1 is 1.35 bits per heavy atom. The predicted octanol–water partition coefficient (Wildman–Crippen LogP) is -0.164. The molecule has 2 amide bonds. The molecule has 1 rings (SSSR count).